The summed E-state index contributed by atoms with van der Waals surface area (Å²) in [5.41, 5.74) is 1.61. The summed E-state index contributed by atoms with van der Waals surface area (Å²) in [6.45, 7) is 1.55. The molecule has 0 fully saturated rings. The summed E-state index contributed by atoms with van der Waals surface area (Å²) < 4.78 is 105. The third-order valence-corrected chi connectivity index (χ3v) is 11.7. The third-order valence-electron chi connectivity index (χ3n) is 8.32. The van der Waals surface area contributed by atoms with Crippen molar-refractivity contribution in [1.29, 1.82) is 5.26 Å². The molecule has 302 valence electrons. The minimum Gasteiger partial charge on any atom is -0.746 e. The second-order valence-corrected chi connectivity index (χ2v) is 17.3. The van der Waals surface area contributed by atoms with E-state index >= 15 is 0 Å². The number of nitrogens with one attached hydrogen (secondary N) is 2. The molecule has 0 saturated heterocycles. The summed E-state index contributed by atoms with van der Waals surface area (Å²) in [5, 5.41) is 34.0. The van der Waals surface area contributed by atoms with Crippen molar-refractivity contribution in [2.75, 3.05) is 10.6 Å². The summed E-state index contributed by atoms with van der Waals surface area (Å²) in [5.74, 6) is -0.0443. The number of aromatic nitrogens is 3. The Labute approximate surface area is 436 Å². The van der Waals surface area contributed by atoms with E-state index in [-0.39, 0.29) is 166 Å². The number of rotatable bonds is 12. The molecule has 0 unspecified atom stereocenters. The van der Waals surface area contributed by atoms with E-state index in [0.717, 1.165) is 41.7 Å². The van der Waals surface area contributed by atoms with Gasteiger partial charge in [0.1, 0.15) is 47.8 Å². The van der Waals surface area contributed by atoms with Crippen molar-refractivity contribution >= 4 is 97.0 Å². The van der Waals surface area contributed by atoms with Crippen molar-refractivity contribution in [2.45, 2.75) is 21.6 Å². The maximum atomic E-state index is 12.1. The van der Waals surface area contributed by atoms with Crippen LogP contribution in [-0.2, 0) is 30.4 Å². The van der Waals surface area contributed by atoms with Gasteiger partial charge in [-0.15, -0.1) is 20.5 Å². The van der Waals surface area contributed by atoms with Gasteiger partial charge in [-0.3, -0.25) is 11.1 Å². The van der Waals surface area contributed by atoms with Crippen molar-refractivity contribution in [2.24, 2.45) is 20.5 Å². The second-order valence-electron chi connectivity index (χ2n) is 12.2. The van der Waals surface area contributed by atoms with E-state index in [9.17, 15) is 44.2 Å². The number of azo groups is 2. The quantitative estimate of drug-likeness (QED) is 0.0498. The van der Waals surface area contributed by atoms with Crippen molar-refractivity contribution in [3.8, 4) is 17.3 Å². The zero-order valence-electron chi connectivity index (χ0n) is 35.1. The Morgan fingerprint density at radius 1 is 0.708 bits per heavy atom. The molecule has 7 aromatic rings. The molecule has 7 rings (SSSR count). The molecule has 0 aliphatic heterocycles. The molecular formula is C37H21Li5N10O9S4. The average Bonchev–Trinajstić information content (AvgIpc) is 3.62. The predicted octanol–water partition coefficient (Wildman–Crippen LogP) is -7.42. The van der Waals surface area contributed by atoms with Crippen LogP contribution in [0.2, 0.25) is 0 Å². The van der Waals surface area contributed by atoms with Gasteiger partial charge in [0.05, 0.1) is 21.0 Å². The molecule has 0 saturated carbocycles. The number of hydrogen-bond donors (Lipinski definition) is 2. The van der Waals surface area contributed by atoms with Crippen LogP contribution in [0.1, 0.15) is 11.1 Å². The number of fused-ring (bicyclic) bond motifs is 1. The number of hydrogen-bond acceptors (Lipinski definition) is 20. The van der Waals surface area contributed by atoms with Crippen LogP contribution in [0, 0.1) is 30.4 Å². The fraction of sp³-hybridized carbons (Fsp3) is 0.0270. The number of thiazole rings is 1. The van der Waals surface area contributed by atoms with Gasteiger partial charge in [0.15, 0.2) is 16.6 Å². The Balaban J connectivity index is 0.00000290. The van der Waals surface area contributed by atoms with E-state index in [1.807, 2.05) is 0 Å². The Morgan fingerprint density at radius 2 is 1.28 bits per heavy atom. The van der Waals surface area contributed by atoms with Gasteiger partial charge in [-0.1, -0.05) is 17.4 Å². The fourth-order valence-electron chi connectivity index (χ4n) is 5.51. The summed E-state index contributed by atoms with van der Waals surface area (Å²) in [6.07, 6.45) is 3.03. The van der Waals surface area contributed by atoms with Crippen LogP contribution in [0.5, 0.6) is 0 Å². The SMILES string of the molecule is Cc1c(C#N)c(Nc2ccc(S(=O)(=O)[O-])cc2)nc(Nc2ccc(S(=O)(=O)[O-])cc2)c1N=Nc1nc(-c2ccncc2)c(N=Nc2cc(S(=O)(=O)[O-])c3c[c-]c[c-]c3c2)s1.[Li+].[Li+].[Li+].[Li+].[Li+]. The van der Waals surface area contributed by atoms with E-state index in [1.165, 1.54) is 54.9 Å². The second kappa shape index (κ2) is 23.7. The Morgan fingerprint density at radius 3 is 1.82 bits per heavy atom. The van der Waals surface area contributed by atoms with Gasteiger partial charge in [0.2, 0.25) is 5.13 Å². The monoisotopic (exact) mass is 912 g/mol. The van der Waals surface area contributed by atoms with E-state index in [1.54, 1.807) is 19.1 Å². The number of benzene rings is 4. The zero-order chi connectivity index (χ0) is 42.8. The summed E-state index contributed by atoms with van der Waals surface area (Å²) >= 11 is 0.929. The van der Waals surface area contributed by atoms with Crippen molar-refractivity contribution in [3.63, 3.8) is 0 Å². The van der Waals surface area contributed by atoms with E-state index in [0.29, 0.717) is 5.56 Å². The van der Waals surface area contributed by atoms with Crippen LogP contribution >= 0.6 is 11.3 Å². The normalized spacial score (nSPS) is 11.3. The van der Waals surface area contributed by atoms with Crippen molar-refractivity contribution in [3.05, 3.63) is 121 Å². The van der Waals surface area contributed by atoms with Crippen molar-refractivity contribution < 1.29 is 133 Å². The van der Waals surface area contributed by atoms with Crippen LogP contribution in [0.15, 0.2) is 132 Å². The first kappa shape index (κ1) is 57.2. The molecule has 0 amide bonds. The first-order chi connectivity index (χ1) is 28.5. The van der Waals surface area contributed by atoms with Gasteiger partial charge >= 0.3 is 94.3 Å². The Hall–Kier alpha value is -3.92. The molecule has 0 aliphatic carbocycles. The minimum absolute atomic E-state index is 0. The smallest absolute Gasteiger partial charge is 0.746 e. The fourth-order valence-corrected chi connectivity index (χ4v) is 7.88. The van der Waals surface area contributed by atoms with Crippen LogP contribution in [0.3, 0.4) is 0 Å². The average molecular weight is 913 g/mol. The Kier molecular flexibility index (Phi) is 20.8. The van der Waals surface area contributed by atoms with Gasteiger partial charge in [-0.25, -0.2) is 46.0 Å². The molecule has 0 radical (unpaired) electrons. The topological polar surface area (TPSA) is 308 Å². The molecule has 3 aromatic heterocycles. The molecule has 0 atom stereocenters. The molecule has 19 nitrogen and oxygen atoms in total. The molecule has 2 N–H and O–H groups in total. The van der Waals surface area contributed by atoms with Crippen molar-refractivity contribution in [1.82, 2.24) is 15.0 Å². The number of anilines is 4. The maximum Gasteiger partial charge on any atom is 1.00 e. The number of pyridine rings is 2. The standard InChI is InChI=1S/C37H24N10O9S4.5Li/c1-21-30(20-38)34(40-24-6-10-27(11-7-24)58(48,49)50)43-35(41-25-8-12-28(13-9-25)59(51,52)53)32(21)45-47-37-42-33(22-14-16-39-17-15-22)36(57-37)46-44-26-18-23-4-2-3-5-29(23)31(19-26)60(54,55)56;;;;;/h2,5-19H,1H3,(H2,40,41,43)(H,48,49,50)(H,51,52,53)(H,54,55,56);;;;;/q-2;5*+1/p-3. The van der Waals surface area contributed by atoms with E-state index < -0.39 is 45.0 Å². The van der Waals surface area contributed by atoms with Crippen LogP contribution in [-0.4, -0.2) is 53.9 Å². The van der Waals surface area contributed by atoms with E-state index in [2.05, 4.69) is 64.2 Å². The van der Waals surface area contributed by atoms with Gasteiger partial charge in [-0.2, -0.15) is 5.26 Å². The number of nitrogens with zero attached hydrogens (tertiary/aromatic N) is 8. The molecular weight excluding hydrogens is 891 g/mol. The van der Waals surface area contributed by atoms with E-state index in [4.69, 9.17) is 0 Å². The van der Waals surface area contributed by atoms with Gasteiger partial charge in [0, 0.05) is 34.9 Å². The molecule has 28 heteroatoms. The van der Waals surface area contributed by atoms with Crippen LogP contribution in [0.4, 0.5) is 44.5 Å². The first-order valence-corrected chi connectivity index (χ1v) is 21.7. The molecule has 65 heavy (non-hydrogen) atoms. The van der Waals surface area contributed by atoms with Crippen LogP contribution < -0.4 is 105 Å². The molecule has 4 aromatic carbocycles. The summed E-state index contributed by atoms with van der Waals surface area (Å²) in [6, 6.07) is 25.7. The molecule has 0 aliphatic rings. The first-order valence-electron chi connectivity index (χ1n) is 16.6. The maximum absolute atomic E-state index is 12.1. The van der Waals surface area contributed by atoms with Crippen LogP contribution in [0.25, 0.3) is 22.0 Å². The third kappa shape index (κ3) is 13.8. The molecule has 0 spiro atoms. The summed E-state index contributed by atoms with van der Waals surface area (Å²) in [7, 11) is -14.4. The largest absolute Gasteiger partial charge is 1.00 e. The molecule has 0 bridgehead atoms. The number of nitriles is 1. The minimum atomic E-state index is -4.92. The predicted molar refractivity (Wildman–Crippen MR) is 212 cm³/mol. The Bertz CT molecular complexity index is 3270. The van der Waals surface area contributed by atoms with Gasteiger partial charge < -0.3 is 42.5 Å². The summed E-state index contributed by atoms with van der Waals surface area (Å²) in [4.78, 5) is 11.7. The van der Waals surface area contributed by atoms with Gasteiger partial charge in [0.25, 0.3) is 0 Å². The van der Waals surface area contributed by atoms with Gasteiger partial charge in [-0.05, 0) is 78.5 Å². The zero-order valence-corrected chi connectivity index (χ0v) is 38.4. The molecule has 3 heterocycles.